The molecule has 152 valence electrons. The molecule has 2 fully saturated rings. The summed E-state index contributed by atoms with van der Waals surface area (Å²) >= 11 is 0. The number of carbonyl (C=O) groups is 2. The smallest absolute Gasteiger partial charge is 0.338 e. The minimum absolute atomic E-state index is 0.0127. The highest BCUT2D eigenvalue weighted by molar-refractivity contribution is 5.95. The van der Waals surface area contributed by atoms with E-state index in [4.69, 9.17) is 14.2 Å². The lowest BCUT2D eigenvalue weighted by atomic mass is 9.70. The number of nitrogens with zero attached hydrogens (tertiary/aromatic N) is 1. The van der Waals surface area contributed by atoms with Gasteiger partial charge < -0.3 is 14.2 Å². The summed E-state index contributed by atoms with van der Waals surface area (Å²) < 4.78 is 15.4. The number of benzene rings is 1. The van der Waals surface area contributed by atoms with Gasteiger partial charge in [-0.2, -0.15) is 5.10 Å². The monoisotopic (exact) mass is 388 g/mol. The summed E-state index contributed by atoms with van der Waals surface area (Å²) in [5.74, 6) is 0.450. The van der Waals surface area contributed by atoms with Gasteiger partial charge in [-0.1, -0.05) is 20.8 Å². The van der Waals surface area contributed by atoms with E-state index < -0.39 is 18.5 Å². The fourth-order valence-corrected chi connectivity index (χ4v) is 4.40. The zero-order chi connectivity index (χ0) is 20.5. The van der Waals surface area contributed by atoms with Crippen molar-refractivity contribution in [2.45, 2.75) is 40.0 Å². The second-order valence-electron chi connectivity index (χ2n) is 8.26. The molecule has 2 bridgehead atoms. The minimum Gasteiger partial charge on any atom is -0.497 e. The third-order valence-electron chi connectivity index (χ3n) is 6.75. The Hall–Kier alpha value is -2.57. The van der Waals surface area contributed by atoms with Crippen molar-refractivity contribution in [1.82, 2.24) is 5.43 Å². The Kier molecular flexibility index (Phi) is 5.37. The minimum atomic E-state index is -0.631. The van der Waals surface area contributed by atoms with Crippen molar-refractivity contribution in [1.29, 1.82) is 0 Å². The molecule has 3 rings (SSSR count). The topological polar surface area (TPSA) is 86.2 Å². The fourth-order valence-electron chi connectivity index (χ4n) is 4.40. The van der Waals surface area contributed by atoms with Crippen molar-refractivity contribution in [3.05, 3.63) is 23.8 Å². The fraction of sp³-hybridized carbons (Fsp3) is 0.571. The number of fused-ring (bicyclic) bond motifs is 2. The van der Waals surface area contributed by atoms with Crippen LogP contribution in [0.4, 0.5) is 0 Å². The molecule has 1 aromatic carbocycles. The zero-order valence-electron chi connectivity index (χ0n) is 17.1. The number of hydrogen-bond acceptors (Lipinski definition) is 6. The molecule has 0 heterocycles. The molecule has 1 aromatic rings. The van der Waals surface area contributed by atoms with Gasteiger partial charge in [-0.3, -0.25) is 4.79 Å². The Morgan fingerprint density at radius 2 is 1.79 bits per heavy atom. The summed E-state index contributed by atoms with van der Waals surface area (Å²) in [4.78, 5) is 24.3. The molecule has 2 saturated carbocycles. The van der Waals surface area contributed by atoms with Crippen LogP contribution >= 0.6 is 0 Å². The zero-order valence-corrected chi connectivity index (χ0v) is 17.1. The molecule has 0 aromatic heterocycles. The van der Waals surface area contributed by atoms with Crippen molar-refractivity contribution >= 4 is 17.6 Å². The van der Waals surface area contributed by atoms with Gasteiger partial charge >= 0.3 is 5.97 Å². The molecule has 0 radical (unpaired) electrons. The second kappa shape index (κ2) is 7.45. The lowest BCUT2D eigenvalue weighted by Crippen LogP contribution is -2.34. The van der Waals surface area contributed by atoms with Gasteiger partial charge in [-0.25, -0.2) is 10.2 Å². The van der Waals surface area contributed by atoms with Gasteiger partial charge in [0.1, 0.15) is 11.5 Å². The van der Waals surface area contributed by atoms with E-state index in [1.165, 1.54) is 32.8 Å². The quantitative estimate of drug-likeness (QED) is 0.597. The molecule has 2 aliphatic carbocycles. The number of ether oxygens (including phenoxy) is 3. The molecule has 2 atom stereocenters. The lowest BCUT2D eigenvalue weighted by molar-refractivity contribution is -0.124. The molecule has 1 amide bonds. The first-order valence-corrected chi connectivity index (χ1v) is 9.47. The Balaban J connectivity index is 1.57. The van der Waals surface area contributed by atoms with Crippen LogP contribution < -0.4 is 14.9 Å². The highest BCUT2D eigenvalue weighted by Gasteiger charge is 2.60. The van der Waals surface area contributed by atoms with E-state index in [1.807, 2.05) is 0 Å². The summed E-state index contributed by atoms with van der Waals surface area (Å²) in [6.45, 7) is 6.37. The third kappa shape index (κ3) is 3.45. The maximum Gasteiger partial charge on any atom is 0.338 e. The molecule has 0 saturated heterocycles. The van der Waals surface area contributed by atoms with Gasteiger partial charge in [0.25, 0.3) is 5.91 Å². The number of methoxy groups -OCH3 is 2. The second-order valence-corrected chi connectivity index (χ2v) is 8.26. The average Bonchev–Trinajstić information content (AvgIpc) is 3.03. The SMILES string of the molecule is COc1cc(OC)cc(C(=O)OCC(=O)N/N=C2\CC3CCC2(C)C3(C)C)c1. The number of hydrogen-bond donors (Lipinski definition) is 1. The summed E-state index contributed by atoms with van der Waals surface area (Å²) in [5, 5.41) is 4.36. The molecule has 2 aliphatic rings. The van der Waals surface area contributed by atoms with Gasteiger partial charge in [0.15, 0.2) is 6.61 Å². The van der Waals surface area contributed by atoms with Crippen LogP contribution in [-0.2, 0) is 9.53 Å². The van der Waals surface area contributed by atoms with E-state index in [1.54, 1.807) is 6.07 Å². The predicted molar refractivity (Wildman–Crippen MR) is 105 cm³/mol. The van der Waals surface area contributed by atoms with Crippen LogP contribution in [0.15, 0.2) is 23.3 Å². The van der Waals surface area contributed by atoms with E-state index in [2.05, 4.69) is 31.3 Å². The first-order chi connectivity index (χ1) is 13.2. The van der Waals surface area contributed by atoms with Crippen LogP contribution in [0.5, 0.6) is 11.5 Å². The van der Waals surface area contributed by atoms with E-state index in [9.17, 15) is 9.59 Å². The van der Waals surface area contributed by atoms with Crippen LogP contribution in [0.25, 0.3) is 0 Å². The molecule has 7 nitrogen and oxygen atoms in total. The average molecular weight is 388 g/mol. The first-order valence-electron chi connectivity index (χ1n) is 9.47. The van der Waals surface area contributed by atoms with Gasteiger partial charge in [0, 0.05) is 17.2 Å². The van der Waals surface area contributed by atoms with E-state index in [0.717, 1.165) is 18.6 Å². The molecule has 28 heavy (non-hydrogen) atoms. The maximum atomic E-state index is 12.2. The van der Waals surface area contributed by atoms with Crippen LogP contribution in [0.3, 0.4) is 0 Å². The van der Waals surface area contributed by atoms with Gasteiger partial charge in [-0.05, 0) is 42.7 Å². The molecule has 7 heteroatoms. The molecular formula is C21H28N2O5. The van der Waals surface area contributed by atoms with E-state index >= 15 is 0 Å². The van der Waals surface area contributed by atoms with Crippen molar-refractivity contribution in [2.24, 2.45) is 21.8 Å². The highest BCUT2D eigenvalue weighted by atomic mass is 16.5. The first kappa shape index (κ1) is 20.2. The van der Waals surface area contributed by atoms with Crippen LogP contribution in [0.2, 0.25) is 0 Å². The Morgan fingerprint density at radius 3 is 2.29 bits per heavy atom. The van der Waals surface area contributed by atoms with Crippen LogP contribution in [-0.4, -0.2) is 38.4 Å². The van der Waals surface area contributed by atoms with Crippen molar-refractivity contribution in [2.75, 3.05) is 20.8 Å². The van der Waals surface area contributed by atoms with Gasteiger partial charge in [0.2, 0.25) is 0 Å². The predicted octanol–water partition coefficient (Wildman–Crippen LogP) is 3.18. The third-order valence-corrected chi connectivity index (χ3v) is 6.75. The lowest BCUT2D eigenvalue weighted by Gasteiger charge is -2.34. The summed E-state index contributed by atoms with van der Waals surface area (Å²) in [5.41, 5.74) is 4.03. The number of amides is 1. The standard InChI is InChI=1S/C21H28N2O5/c1-20(2)14-6-7-21(20,3)17(10-14)22-23-18(24)12-28-19(25)13-8-15(26-4)11-16(9-13)27-5/h8-9,11,14H,6-7,10,12H2,1-5H3,(H,23,24)/b22-17+. The Bertz CT molecular complexity index is 795. The van der Waals surface area contributed by atoms with E-state index in [-0.39, 0.29) is 16.4 Å². The summed E-state index contributed by atoms with van der Waals surface area (Å²) in [6.07, 6.45) is 3.21. The highest BCUT2D eigenvalue weighted by Crippen LogP contribution is 2.63. The van der Waals surface area contributed by atoms with Crippen LogP contribution in [0.1, 0.15) is 50.4 Å². The molecule has 2 unspecified atom stereocenters. The van der Waals surface area contributed by atoms with Gasteiger partial charge in [0.05, 0.1) is 19.8 Å². The molecule has 0 spiro atoms. The van der Waals surface area contributed by atoms with Crippen molar-refractivity contribution in [3.63, 3.8) is 0 Å². The number of hydrazone groups is 1. The summed E-state index contributed by atoms with van der Waals surface area (Å²) in [7, 11) is 2.99. The summed E-state index contributed by atoms with van der Waals surface area (Å²) in [6, 6.07) is 4.71. The number of nitrogens with one attached hydrogen (secondary N) is 1. The Morgan fingerprint density at radius 1 is 1.14 bits per heavy atom. The van der Waals surface area contributed by atoms with E-state index in [0.29, 0.717) is 17.4 Å². The number of rotatable bonds is 6. The Labute approximate surface area is 165 Å². The van der Waals surface area contributed by atoms with Crippen LogP contribution in [0, 0.1) is 16.7 Å². The molecule has 0 aliphatic heterocycles. The molecular weight excluding hydrogens is 360 g/mol. The largest absolute Gasteiger partial charge is 0.497 e. The normalized spacial score (nSPS) is 26.2. The molecule has 1 N–H and O–H groups in total. The number of carbonyl (C=O) groups excluding carboxylic acids is 2. The van der Waals surface area contributed by atoms with Gasteiger partial charge in [-0.15, -0.1) is 0 Å². The van der Waals surface area contributed by atoms with Crippen molar-refractivity contribution < 1.29 is 23.8 Å². The number of esters is 1. The van der Waals surface area contributed by atoms with Crippen molar-refractivity contribution in [3.8, 4) is 11.5 Å². The maximum absolute atomic E-state index is 12.2.